The number of hydrogen-bond acceptors (Lipinski definition) is 2. The summed E-state index contributed by atoms with van der Waals surface area (Å²) < 4.78 is 193. The lowest BCUT2D eigenvalue weighted by Gasteiger charge is -2.40. The SMILES string of the molecule is C=Cc1ccc(C2(C(F)(F)C(F)(F)F)O/C(=C\C(F)(F)F)C(c3ccc(C=C)cc3)(C(F)(F)C(F)(F)F)O2)cc1. The Morgan fingerprint density at radius 2 is 0.975 bits per heavy atom. The van der Waals surface area contributed by atoms with Gasteiger partial charge in [0.1, 0.15) is 5.76 Å². The van der Waals surface area contributed by atoms with Crippen LogP contribution in [0.1, 0.15) is 22.3 Å². The predicted molar refractivity (Wildman–Crippen MR) is 115 cm³/mol. The highest BCUT2D eigenvalue weighted by atomic mass is 19.4. The van der Waals surface area contributed by atoms with Crippen LogP contribution in [0, 0.1) is 0 Å². The number of hydrogen-bond donors (Lipinski definition) is 0. The van der Waals surface area contributed by atoms with Gasteiger partial charge in [0.15, 0.2) is 0 Å². The lowest BCUT2D eigenvalue weighted by molar-refractivity contribution is -0.423. The Bertz CT molecular complexity index is 1290. The van der Waals surface area contributed by atoms with Crippen LogP contribution in [0.25, 0.3) is 12.2 Å². The van der Waals surface area contributed by atoms with E-state index in [1.54, 1.807) is 0 Å². The number of benzene rings is 2. The van der Waals surface area contributed by atoms with Crippen LogP contribution in [0.5, 0.6) is 0 Å². The summed E-state index contributed by atoms with van der Waals surface area (Å²) in [6, 6.07) is 4.42. The van der Waals surface area contributed by atoms with E-state index in [0.29, 0.717) is 24.3 Å². The number of alkyl halides is 13. The molecule has 2 aromatic rings. The normalized spacial score (nSPS) is 23.7. The van der Waals surface area contributed by atoms with Crippen molar-refractivity contribution in [2.75, 3.05) is 0 Å². The molecular formula is C25H15F13O2. The molecule has 1 aliphatic rings. The van der Waals surface area contributed by atoms with Gasteiger partial charge in [0, 0.05) is 5.56 Å². The Labute approximate surface area is 217 Å². The molecule has 3 rings (SSSR count). The summed E-state index contributed by atoms with van der Waals surface area (Å²) in [5, 5.41) is 0. The maximum absolute atomic E-state index is 15.3. The van der Waals surface area contributed by atoms with E-state index < -0.39 is 64.7 Å². The largest absolute Gasteiger partial charge is 0.460 e. The van der Waals surface area contributed by atoms with Crippen LogP contribution >= 0.6 is 0 Å². The van der Waals surface area contributed by atoms with Crippen molar-refractivity contribution in [2.24, 2.45) is 0 Å². The minimum atomic E-state index is -6.87. The van der Waals surface area contributed by atoms with Crippen LogP contribution in [-0.4, -0.2) is 30.4 Å². The molecule has 2 aromatic carbocycles. The minimum absolute atomic E-state index is 0.00129. The fourth-order valence-electron chi connectivity index (χ4n) is 3.90. The topological polar surface area (TPSA) is 18.5 Å². The van der Waals surface area contributed by atoms with Crippen molar-refractivity contribution < 1.29 is 66.5 Å². The average molecular weight is 594 g/mol. The van der Waals surface area contributed by atoms with Crippen molar-refractivity contribution in [3.63, 3.8) is 0 Å². The summed E-state index contributed by atoms with van der Waals surface area (Å²) >= 11 is 0. The molecule has 0 bridgehead atoms. The number of rotatable bonds is 6. The molecule has 0 N–H and O–H groups in total. The summed E-state index contributed by atoms with van der Waals surface area (Å²) in [7, 11) is 0. The molecule has 15 heteroatoms. The molecule has 2 unspecified atom stereocenters. The predicted octanol–water partition coefficient (Wildman–Crippen LogP) is 8.91. The van der Waals surface area contributed by atoms with Crippen LogP contribution in [0.2, 0.25) is 0 Å². The molecule has 1 heterocycles. The molecule has 2 atom stereocenters. The standard InChI is InChI=1S/C25H15F13O2/c1-3-14-5-9-16(10-6-14)20(22(29,30)24(33,34)35)18(13-19(26,27)28)39-21(40-20,23(31,32)25(36,37)38)17-11-7-15(4-2)8-12-17/h3-13H,1-2H2/b18-13-. The third-order valence-corrected chi connectivity index (χ3v) is 5.84. The van der Waals surface area contributed by atoms with Gasteiger partial charge in [-0.05, 0) is 16.7 Å². The third-order valence-electron chi connectivity index (χ3n) is 5.84. The van der Waals surface area contributed by atoms with E-state index in [9.17, 15) is 39.5 Å². The maximum atomic E-state index is 15.3. The Kier molecular flexibility index (Phi) is 7.42. The summed E-state index contributed by atoms with van der Waals surface area (Å²) in [6.45, 7) is 6.58. The Balaban J connectivity index is 2.57. The summed E-state index contributed by atoms with van der Waals surface area (Å²) in [6.07, 6.45) is -18.9. The molecule has 0 aliphatic carbocycles. The van der Waals surface area contributed by atoms with Crippen molar-refractivity contribution in [2.45, 2.75) is 41.8 Å². The highest BCUT2D eigenvalue weighted by Gasteiger charge is 2.85. The van der Waals surface area contributed by atoms with E-state index in [2.05, 4.69) is 22.6 Å². The highest BCUT2D eigenvalue weighted by Crippen LogP contribution is 2.66. The molecule has 1 fully saturated rings. The molecule has 0 saturated carbocycles. The van der Waals surface area contributed by atoms with Gasteiger partial charge in [-0.2, -0.15) is 57.1 Å². The number of ether oxygens (including phenoxy) is 2. The van der Waals surface area contributed by atoms with Crippen molar-refractivity contribution in [1.29, 1.82) is 0 Å². The third kappa shape index (κ3) is 4.73. The van der Waals surface area contributed by atoms with Crippen LogP contribution in [0.15, 0.2) is 73.5 Å². The van der Waals surface area contributed by atoms with Crippen molar-refractivity contribution >= 4 is 12.2 Å². The average Bonchev–Trinajstić information content (AvgIpc) is 3.19. The smallest absolute Gasteiger partial charge is 0.452 e. The molecule has 218 valence electrons. The molecule has 0 spiro atoms. The molecule has 40 heavy (non-hydrogen) atoms. The fraction of sp³-hybridized carbons (Fsp3) is 0.280. The zero-order chi connectivity index (χ0) is 30.6. The molecule has 0 radical (unpaired) electrons. The van der Waals surface area contributed by atoms with Crippen molar-refractivity contribution in [3.05, 3.63) is 95.8 Å². The second kappa shape index (κ2) is 9.56. The van der Waals surface area contributed by atoms with Gasteiger partial charge in [-0.3, -0.25) is 0 Å². The van der Waals surface area contributed by atoms with Gasteiger partial charge < -0.3 is 9.47 Å². The van der Waals surface area contributed by atoms with E-state index in [0.717, 1.165) is 36.4 Å². The van der Waals surface area contributed by atoms with Crippen molar-refractivity contribution in [3.8, 4) is 0 Å². The molecule has 0 amide bonds. The molecular weight excluding hydrogens is 579 g/mol. The first-order valence-corrected chi connectivity index (χ1v) is 10.6. The Morgan fingerprint density at radius 1 is 0.575 bits per heavy atom. The molecule has 0 aromatic heterocycles. The van der Waals surface area contributed by atoms with Gasteiger partial charge in [0.05, 0.1) is 6.08 Å². The lowest BCUT2D eigenvalue weighted by Crippen LogP contribution is -2.60. The highest BCUT2D eigenvalue weighted by molar-refractivity contribution is 5.51. The molecule has 2 nitrogen and oxygen atoms in total. The zero-order valence-corrected chi connectivity index (χ0v) is 19.5. The van der Waals surface area contributed by atoms with Gasteiger partial charge in [-0.25, -0.2) is 0 Å². The van der Waals surface area contributed by atoms with Crippen LogP contribution in [0.4, 0.5) is 57.1 Å². The first kappa shape index (κ1) is 31.0. The first-order chi connectivity index (χ1) is 18.1. The van der Waals surface area contributed by atoms with Crippen LogP contribution in [-0.2, 0) is 20.9 Å². The number of halogens is 13. The second-order valence-corrected chi connectivity index (χ2v) is 8.35. The summed E-state index contributed by atoms with van der Waals surface area (Å²) in [5.41, 5.74) is -8.12. The maximum Gasteiger partial charge on any atom is 0.460 e. The first-order valence-electron chi connectivity index (χ1n) is 10.6. The van der Waals surface area contributed by atoms with E-state index in [1.165, 1.54) is 0 Å². The monoisotopic (exact) mass is 594 g/mol. The summed E-state index contributed by atoms with van der Waals surface area (Å²) in [4.78, 5) is 0. The van der Waals surface area contributed by atoms with Gasteiger partial charge in [0.25, 0.3) is 0 Å². The Morgan fingerprint density at radius 3 is 1.32 bits per heavy atom. The van der Waals surface area contributed by atoms with E-state index in [-0.39, 0.29) is 11.1 Å². The van der Waals surface area contributed by atoms with Crippen LogP contribution in [0.3, 0.4) is 0 Å². The quantitative estimate of drug-likeness (QED) is 0.311. The summed E-state index contributed by atoms with van der Waals surface area (Å²) in [5.74, 6) is -20.8. The lowest BCUT2D eigenvalue weighted by atomic mass is 9.83. The van der Waals surface area contributed by atoms with Gasteiger partial charge >= 0.3 is 36.2 Å². The number of allylic oxidation sites excluding steroid dienone is 1. The van der Waals surface area contributed by atoms with Gasteiger partial charge in [0.2, 0.25) is 5.60 Å². The molecule has 1 aliphatic heterocycles. The van der Waals surface area contributed by atoms with Crippen LogP contribution < -0.4 is 0 Å². The van der Waals surface area contributed by atoms with E-state index in [1.807, 2.05) is 0 Å². The second-order valence-electron chi connectivity index (χ2n) is 8.35. The fourth-order valence-corrected chi connectivity index (χ4v) is 3.90. The zero-order valence-electron chi connectivity index (χ0n) is 19.5. The van der Waals surface area contributed by atoms with Gasteiger partial charge in [-0.1, -0.05) is 73.8 Å². The van der Waals surface area contributed by atoms with E-state index >= 15 is 17.6 Å². The van der Waals surface area contributed by atoms with E-state index in [4.69, 9.17) is 0 Å². The Hall–Kier alpha value is -3.49. The minimum Gasteiger partial charge on any atom is -0.452 e. The van der Waals surface area contributed by atoms with Crippen molar-refractivity contribution in [1.82, 2.24) is 0 Å². The van der Waals surface area contributed by atoms with Gasteiger partial charge in [-0.15, -0.1) is 0 Å². The molecule has 1 saturated heterocycles.